The van der Waals surface area contributed by atoms with E-state index >= 15 is 0 Å². The van der Waals surface area contributed by atoms with Gasteiger partial charge in [-0.2, -0.15) is 5.26 Å². The van der Waals surface area contributed by atoms with Gasteiger partial charge < -0.3 is 15.2 Å². The van der Waals surface area contributed by atoms with Crippen LogP contribution in [0.4, 0.5) is 5.69 Å². The van der Waals surface area contributed by atoms with Crippen molar-refractivity contribution in [1.82, 2.24) is 0 Å². The van der Waals surface area contributed by atoms with Gasteiger partial charge in [-0.1, -0.05) is 15.9 Å². The van der Waals surface area contributed by atoms with Crippen molar-refractivity contribution < 1.29 is 14.3 Å². The number of rotatable bonds is 6. The summed E-state index contributed by atoms with van der Waals surface area (Å²) in [6.07, 6.45) is 1.88. The summed E-state index contributed by atoms with van der Waals surface area (Å²) >= 11 is 3.46. The number of anilines is 1. The lowest BCUT2D eigenvalue weighted by Gasteiger charge is -2.40. The predicted molar refractivity (Wildman–Crippen MR) is 131 cm³/mol. The van der Waals surface area contributed by atoms with Crippen LogP contribution in [-0.4, -0.2) is 19.0 Å². The van der Waals surface area contributed by atoms with Crippen molar-refractivity contribution in [3.05, 3.63) is 75.2 Å². The third-order valence-electron chi connectivity index (χ3n) is 5.90. The summed E-state index contributed by atoms with van der Waals surface area (Å²) in [5.41, 5.74) is 9.99. The SMILES string of the molecule is CCOc1ccc(OCC)c(C2C(C#N)=C(N)N(c3ccc(Br)cc3)C3=C2C(=O)CCC3)c1. The van der Waals surface area contributed by atoms with E-state index in [2.05, 4.69) is 22.0 Å². The fraction of sp³-hybridized carbons (Fsp3) is 0.308. The molecule has 1 aliphatic heterocycles. The number of ketones is 1. The van der Waals surface area contributed by atoms with Crippen LogP contribution in [0.5, 0.6) is 11.5 Å². The molecule has 0 saturated heterocycles. The average Bonchev–Trinajstić information content (AvgIpc) is 2.81. The zero-order chi connectivity index (χ0) is 23.5. The third kappa shape index (κ3) is 4.23. The number of carbonyl (C=O) groups excluding carboxylic acids is 1. The monoisotopic (exact) mass is 507 g/mol. The maximum absolute atomic E-state index is 13.4. The Morgan fingerprint density at radius 2 is 1.85 bits per heavy atom. The number of nitriles is 1. The zero-order valence-electron chi connectivity index (χ0n) is 18.7. The first-order valence-corrected chi connectivity index (χ1v) is 11.9. The van der Waals surface area contributed by atoms with Gasteiger partial charge in [0, 0.05) is 33.4 Å². The molecule has 1 heterocycles. The Kier molecular flexibility index (Phi) is 6.75. The number of hydrogen-bond donors (Lipinski definition) is 1. The highest BCUT2D eigenvalue weighted by atomic mass is 79.9. The summed E-state index contributed by atoms with van der Waals surface area (Å²) in [6.45, 7) is 4.78. The van der Waals surface area contributed by atoms with Crippen LogP contribution in [-0.2, 0) is 4.79 Å². The number of ether oxygens (including phenoxy) is 2. The van der Waals surface area contributed by atoms with E-state index < -0.39 is 5.92 Å². The molecule has 170 valence electrons. The van der Waals surface area contributed by atoms with Crippen LogP contribution in [0.25, 0.3) is 0 Å². The molecule has 1 atom stereocenters. The first-order valence-electron chi connectivity index (χ1n) is 11.1. The molecule has 33 heavy (non-hydrogen) atoms. The fourth-order valence-corrected chi connectivity index (χ4v) is 4.84. The molecule has 0 aromatic heterocycles. The maximum Gasteiger partial charge on any atom is 0.161 e. The van der Waals surface area contributed by atoms with Crippen LogP contribution in [0.3, 0.4) is 0 Å². The number of nitrogens with two attached hydrogens (primary N) is 1. The number of Topliss-reactive ketones (excluding diaryl/α,β-unsaturated/α-hetero) is 1. The molecule has 7 heteroatoms. The van der Waals surface area contributed by atoms with Gasteiger partial charge >= 0.3 is 0 Å². The van der Waals surface area contributed by atoms with E-state index in [1.165, 1.54) is 0 Å². The zero-order valence-corrected chi connectivity index (χ0v) is 20.3. The van der Waals surface area contributed by atoms with Crippen molar-refractivity contribution in [2.45, 2.75) is 39.0 Å². The summed E-state index contributed by atoms with van der Waals surface area (Å²) in [4.78, 5) is 15.2. The summed E-state index contributed by atoms with van der Waals surface area (Å²) in [7, 11) is 0. The van der Waals surface area contributed by atoms with E-state index in [1.54, 1.807) is 0 Å². The Hall–Kier alpha value is -3.24. The minimum Gasteiger partial charge on any atom is -0.494 e. The second kappa shape index (κ2) is 9.72. The maximum atomic E-state index is 13.4. The lowest BCUT2D eigenvalue weighted by Crippen LogP contribution is -2.38. The smallest absolute Gasteiger partial charge is 0.161 e. The topological polar surface area (TPSA) is 88.6 Å². The largest absolute Gasteiger partial charge is 0.494 e. The molecule has 4 rings (SSSR count). The summed E-state index contributed by atoms with van der Waals surface area (Å²) < 4.78 is 12.6. The quantitative estimate of drug-likeness (QED) is 0.551. The molecule has 2 aromatic rings. The average molecular weight is 508 g/mol. The van der Waals surface area contributed by atoms with Gasteiger partial charge in [-0.25, -0.2) is 0 Å². The Balaban J connectivity index is 1.97. The second-order valence-corrected chi connectivity index (χ2v) is 8.77. The number of carbonyl (C=O) groups is 1. The Morgan fingerprint density at radius 3 is 2.52 bits per heavy atom. The Bertz CT molecular complexity index is 1180. The summed E-state index contributed by atoms with van der Waals surface area (Å²) in [5, 5.41) is 10.2. The van der Waals surface area contributed by atoms with Crippen LogP contribution >= 0.6 is 15.9 Å². The lowest BCUT2D eigenvalue weighted by atomic mass is 9.75. The molecule has 0 bridgehead atoms. The Labute approximate surface area is 202 Å². The standard InChI is InChI=1S/C26H26BrN3O3/c1-3-32-18-12-13-23(33-4-2)19(14-18)24-20(15-28)26(29)30(17-10-8-16(27)9-11-17)21-6-5-7-22(31)25(21)24/h8-14,24H,3-7,29H2,1-2H3. The van der Waals surface area contributed by atoms with E-state index in [-0.39, 0.29) is 5.78 Å². The van der Waals surface area contributed by atoms with E-state index in [0.29, 0.717) is 54.5 Å². The van der Waals surface area contributed by atoms with Gasteiger partial charge in [-0.15, -0.1) is 0 Å². The number of hydrogen-bond acceptors (Lipinski definition) is 6. The highest BCUT2D eigenvalue weighted by Crippen LogP contribution is 2.49. The number of nitrogens with zero attached hydrogens (tertiary/aromatic N) is 2. The van der Waals surface area contributed by atoms with Crippen molar-refractivity contribution in [1.29, 1.82) is 5.26 Å². The Morgan fingerprint density at radius 1 is 1.12 bits per heavy atom. The highest BCUT2D eigenvalue weighted by Gasteiger charge is 2.41. The van der Waals surface area contributed by atoms with Crippen LogP contribution in [0.1, 0.15) is 44.6 Å². The predicted octanol–water partition coefficient (Wildman–Crippen LogP) is 5.55. The van der Waals surface area contributed by atoms with Crippen LogP contribution < -0.4 is 20.1 Å². The van der Waals surface area contributed by atoms with Gasteiger partial charge in [0.15, 0.2) is 5.78 Å². The van der Waals surface area contributed by atoms with Crippen molar-refractivity contribution in [2.75, 3.05) is 18.1 Å². The first kappa shape index (κ1) is 22.9. The summed E-state index contributed by atoms with van der Waals surface area (Å²) in [6, 6.07) is 15.5. The molecular weight excluding hydrogens is 482 g/mol. The van der Waals surface area contributed by atoms with Crippen molar-refractivity contribution in [3.8, 4) is 17.6 Å². The second-order valence-electron chi connectivity index (χ2n) is 7.86. The molecule has 1 aliphatic carbocycles. The van der Waals surface area contributed by atoms with Crippen molar-refractivity contribution >= 4 is 27.4 Å². The molecule has 2 aliphatic rings. The number of allylic oxidation sites excluding steroid dienone is 3. The van der Waals surface area contributed by atoms with Crippen LogP contribution in [0.2, 0.25) is 0 Å². The molecule has 1 unspecified atom stereocenters. The molecule has 0 fully saturated rings. The number of halogens is 1. The van der Waals surface area contributed by atoms with E-state index in [0.717, 1.165) is 27.8 Å². The molecular formula is C26H26BrN3O3. The van der Waals surface area contributed by atoms with Crippen molar-refractivity contribution in [3.63, 3.8) is 0 Å². The van der Waals surface area contributed by atoms with Gasteiger partial charge in [0.25, 0.3) is 0 Å². The van der Waals surface area contributed by atoms with E-state index in [9.17, 15) is 10.1 Å². The molecule has 2 N–H and O–H groups in total. The highest BCUT2D eigenvalue weighted by molar-refractivity contribution is 9.10. The molecule has 0 spiro atoms. The fourth-order valence-electron chi connectivity index (χ4n) is 4.58. The van der Waals surface area contributed by atoms with E-state index in [1.807, 2.05) is 61.2 Å². The normalized spacial score (nSPS) is 18.2. The van der Waals surface area contributed by atoms with Gasteiger partial charge in [0.1, 0.15) is 17.3 Å². The molecule has 2 aromatic carbocycles. The van der Waals surface area contributed by atoms with Crippen LogP contribution in [0.15, 0.2) is 69.6 Å². The number of benzene rings is 2. The van der Waals surface area contributed by atoms with Crippen LogP contribution in [0, 0.1) is 11.3 Å². The van der Waals surface area contributed by atoms with Gasteiger partial charge in [-0.3, -0.25) is 9.69 Å². The van der Waals surface area contributed by atoms with Gasteiger partial charge in [0.2, 0.25) is 0 Å². The lowest BCUT2D eigenvalue weighted by molar-refractivity contribution is -0.116. The van der Waals surface area contributed by atoms with Crippen molar-refractivity contribution in [2.24, 2.45) is 5.73 Å². The first-order chi connectivity index (χ1) is 16.0. The molecule has 0 radical (unpaired) electrons. The van der Waals surface area contributed by atoms with Gasteiger partial charge in [-0.05, 0) is 69.2 Å². The summed E-state index contributed by atoms with van der Waals surface area (Å²) in [5.74, 6) is 1.04. The van der Waals surface area contributed by atoms with E-state index in [4.69, 9.17) is 15.2 Å². The third-order valence-corrected chi connectivity index (χ3v) is 6.43. The molecule has 0 saturated carbocycles. The molecule has 6 nitrogen and oxygen atoms in total. The minimum absolute atomic E-state index is 0.0351. The molecule has 0 amide bonds. The van der Waals surface area contributed by atoms with Gasteiger partial charge in [0.05, 0.1) is 30.8 Å². The minimum atomic E-state index is -0.605.